The molecule has 100 valence electrons. The van der Waals surface area contributed by atoms with Crippen LogP contribution in [0.2, 0.25) is 0 Å². The predicted molar refractivity (Wildman–Crippen MR) is 80.4 cm³/mol. The van der Waals surface area contributed by atoms with Crippen molar-refractivity contribution in [2.45, 2.75) is 6.42 Å². The average Bonchev–Trinajstić information content (AvgIpc) is 2.49. The summed E-state index contributed by atoms with van der Waals surface area (Å²) in [6.45, 7) is 0. The van der Waals surface area contributed by atoms with Gasteiger partial charge < -0.3 is 9.72 Å². The Morgan fingerprint density at radius 2 is 1.70 bits per heavy atom. The van der Waals surface area contributed by atoms with Gasteiger partial charge in [0.15, 0.2) is 0 Å². The molecule has 0 fully saturated rings. The number of nitrogens with one attached hydrogen (secondary N) is 1. The maximum absolute atomic E-state index is 12.3. The van der Waals surface area contributed by atoms with Crippen molar-refractivity contribution in [2.75, 3.05) is 7.11 Å². The molecular formula is C17H15NO2. The number of hydrogen-bond donors (Lipinski definition) is 1. The summed E-state index contributed by atoms with van der Waals surface area (Å²) < 4.78 is 5.49. The summed E-state index contributed by atoms with van der Waals surface area (Å²) in [4.78, 5) is 15.2. The first-order valence-electron chi connectivity index (χ1n) is 6.51. The van der Waals surface area contributed by atoms with Gasteiger partial charge in [-0.3, -0.25) is 4.79 Å². The van der Waals surface area contributed by atoms with Crippen LogP contribution in [0.3, 0.4) is 0 Å². The van der Waals surface area contributed by atoms with Crippen LogP contribution in [-0.4, -0.2) is 12.1 Å². The number of benzene rings is 2. The highest BCUT2D eigenvalue weighted by molar-refractivity contribution is 5.86. The summed E-state index contributed by atoms with van der Waals surface area (Å²) in [6.07, 6.45) is 0.560. The minimum atomic E-state index is -0.0931. The normalized spacial score (nSPS) is 10.7. The molecule has 0 amide bonds. The van der Waals surface area contributed by atoms with Crippen LogP contribution < -0.4 is 10.3 Å². The average molecular weight is 265 g/mol. The van der Waals surface area contributed by atoms with E-state index < -0.39 is 0 Å². The zero-order chi connectivity index (χ0) is 13.9. The Morgan fingerprint density at radius 1 is 1.00 bits per heavy atom. The van der Waals surface area contributed by atoms with Gasteiger partial charge in [0.2, 0.25) is 0 Å². The molecule has 1 aromatic heterocycles. The van der Waals surface area contributed by atoms with E-state index in [1.165, 1.54) is 0 Å². The van der Waals surface area contributed by atoms with Gasteiger partial charge in [-0.1, -0.05) is 42.5 Å². The molecule has 0 aliphatic heterocycles. The van der Waals surface area contributed by atoms with Gasteiger partial charge in [0, 0.05) is 11.8 Å². The summed E-state index contributed by atoms with van der Waals surface area (Å²) in [5, 5.41) is 0.931. The highest BCUT2D eigenvalue weighted by Crippen LogP contribution is 2.27. The number of H-pyrrole nitrogens is 1. The summed E-state index contributed by atoms with van der Waals surface area (Å²) in [5.41, 5.74) is 2.46. The monoisotopic (exact) mass is 265 g/mol. The molecule has 0 aliphatic carbocycles. The van der Waals surface area contributed by atoms with Gasteiger partial charge in [-0.2, -0.15) is 0 Å². The third kappa shape index (κ3) is 2.18. The maximum Gasteiger partial charge on any atom is 0.255 e. The molecule has 0 saturated carbocycles. The van der Waals surface area contributed by atoms with Crippen molar-refractivity contribution >= 4 is 10.9 Å². The molecule has 0 radical (unpaired) electrons. The summed E-state index contributed by atoms with van der Waals surface area (Å²) in [6, 6.07) is 17.6. The van der Waals surface area contributed by atoms with E-state index in [0.29, 0.717) is 17.7 Å². The van der Waals surface area contributed by atoms with Crippen LogP contribution in [0.25, 0.3) is 10.9 Å². The van der Waals surface area contributed by atoms with Crippen LogP contribution in [0.5, 0.6) is 5.75 Å². The number of aromatic nitrogens is 1. The molecule has 0 atom stereocenters. The van der Waals surface area contributed by atoms with Gasteiger partial charge >= 0.3 is 0 Å². The molecule has 0 bridgehead atoms. The Labute approximate surface area is 116 Å². The number of pyridine rings is 1. The lowest BCUT2D eigenvalue weighted by Gasteiger charge is -2.11. The van der Waals surface area contributed by atoms with Crippen LogP contribution in [0.1, 0.15) is 11.1 Å². The largest absolute Gasteiger partial charge is 0.496 e. The first kappa shape index (κ1) is 12.5. The van der Waals surface area contributed by atoms with Crippen molar-refractivity contribution in [2.24, 2.45) is 0 Å². The van der Waals surface area contributed by atoms with E-state index in [1.54, 1.807) is 7.11 Å². The second-order valence-electron chi connectivity index (χ2n) is 4.67. The molecule has 20 heavy (non-hydrogen) atoms. The van der Waals surface area contributed by atoms with Crippen molar-refractivity contribution in [3.8, 4) is 5.75 Å². The Kier molecular flexibility index (Phi) is 3.25. The SMILES string of the molecule is COc1c(Cc2ccccc2)c(=O)[nH]c2ccccc12. The fourth-order valence-corrected chi connectivity index (χ4v) is 2.45. The van der Waals surface area contributed by atoms with Gasteiger partial charge in [-0.25, -0.2) is 0 Å². The minimum Gasteiger partial charge on any atom is -0.496 e. The number of ether oxygens (including phenoxy) is 1. The fraction of sp³-hybridized carbons (Fsp3) is 0.118. The van der Waals surface area contributed by atoms with Crippen molar-refractivity contribution in [1.82, 2.24) is 4.98 Å². The minimum absolute atomic E-state index is 0.0931. The Morgan fingerprint density at radius 3 is 2.45 bits per heavy atom. The molecule has 0 unspecified atom stereocenters. The Bertz CT molecular complexity index is 791. The highest BCUT2D eigenvalue weighted by atomic mass is 16.5. The van der Waals surface area contributed by atoms with E-state index in [2.05, 4.69) is 4.98 Å². The summed E-state index contributed by atoms with van der Waals surface area (Å²) >= 11 is 0. The summed E-state index contributed by atoms with van der Waals surface area (Å²) in [5.74, 6) is 0.660. The van der Waals surface area contributed by atoms with Crippen LogP contribution >= 0.6 is 0 Å². The zero-order valence-electron chi connectivity index (χ0n) is 11.2. The number of rotatable bonds is 3. The fourth-order valence-electron chi connectivity index (χ4n) is 2.45. The number of methoxy groups -OCH3 is 1. The van der Waals surface area contributed by atoms with Crippen molar-refractivity contribution in [3.63, 3.8) is 0 Å². The number of para-hydroxylation sites is 1. The van der Waals surface area contributed by atoms with Gasteiger partial charge in [-0.05, 0) is 17.7 Å². The third-order valence-corrected chi connectivity index (χ3v) is 3.40. The van der Waals surface area contributed by atoms with Gasteiger partial charge in [0.25, 0.3) is 5.56 Å². The highest BCUT2D eigenvalue weighted by Gasteiger charge is 2.13. The zero-order valence-corrected chi connectivity index (χ0v) is 11.2. The molecule has 3 rings (SSSR count). The Balaban J connectivity index is 2.19. The molecule has 3 nitrogen and oxygen atoms in total. The Hall–Kier alpha value is -2.55. The van der Waals surface area contributed by atoms with E-state index in [-0.39, 0.29) is 5.56 Å². The molecule has 3 heteroatoms. The molecule has 2 aromatic carbocycles. The van der Waals surface area contributed by atoms with Gasteiger partial charge in [-0.15, -0.1) is 0 Å². The molecule has 1 N–H and O–H groups in total. The van der Waals surface area contributed by atoms with E-state index >= 15 is 0 Å². The van der Waals surface area contributed by atoms with Gasteiger partial charge in [0.1, 0.15) is 5.75 Å². The smallest absolute Gasteiger partial charge is 0.255 e. The standard InChI is InChI=1S/C17H15NO2/c1-20-16-13-9-5-6-10-15(13)18-17(19)14(16)11-12-7-3-2-4-8-12/h2-10H,11H2,1H3,(H,18,19). The first-order chi connectivity index (χ1) is 9.79. The molecule has 0 aliphatic rings. The second kappa shape index (κ2) is 5.21. The number of aromatic amines is 1. The lowest BCUT2D eigenvalue weighted by Crippen LogP contribution is -2.15. The lowest BCUT2D eigenvalue weighted by atomic mass is 10.0. The molecule has 3 aromatic rings. The molecular weight excluding hydrogens is 250 g/mol. The van der Waals surface area contributed by atoms with E-state index in [4.69, 9.17) is 4.74 Å². The van der Waals surface area contributed by atoms with E-state index in [1.807, 2.05) is 54.6 Å². The molecule has 0 spiro atoms. The number of fused-ring (bicyclic) bond motifs is 1. The van der Waals surface area contributed by atoms with E-state index in [9.17, 15) is 4.79 Å². The predicted octanol–water partition coefficient (Wildman–Crippen LogP) is 3.13. The van der Waals surface area contributed by atoms with Crippen LogP contribution in [-0.2, 0) is 6.42 Å². The first-order valence-corrected chi connectivity index (χ1v) is 6.51. The molecule has 1 heterocycles. The summed E-state index contributed by atoms with van der Waals surface area (Å²) in [7, 11) is 1.61. The second-order valence-corrected chi connectivity index (χ2v) is 4.67. The molecule has 0 saturated heterocycles. The maximum atomic E-state index is 12.3. The quantitative estimate of drug-likeness (QED) is 0.790. The van der Waals surface area contributed by atoms with E-state index in [0.717, 1.165) is 16.5 Å². The van der Waals surface area contributed by atoms with Crippen LogP contribution in [0, 0.1) is 0 Å². The lowest BCUT2D eigenvalue weighted by molar-refractivity contribution is 0.414. The van der Waals surface area contributed by atoms with Crippen molar-refractivity contribution in [1.29, 1.82) is 0 Å². The third-order valence-electron chi connectivity index (χ3n) is 3.40. The number of hydrogen-bond acceptors (Lipinski definition) is 2. The van der Waals surface area contributed by atoms with Crippen LogP contribution in [0.15, 0.2) is 59.4 Å². The van der Waals surface area contributed by atoms with Crippen molar-refractivity contribution in [3.05, 3.63) is 76.1 Å². The topological polar surface area (TPSA) is 42.1 Å². The van der Waals surface area contributed by atoms with Gasteiger partial charge in [0.05, 0.1) is 18.2 Å². The van der Waals surface area contributed by atoms with Crippen molar-refractivity contribution < 1.29 is 4.74 Å². The van der Waals surface area contributed by atoms with Crippen LogP contribution in [0.4, 0.5) is 0 Å².